The lowest BCUT2D eigenvalue weighted by Crippen LogP contribution is -2.14. The van der Waals surface area contributed by atoms with Gasteiger partial charge in [0.25, 0.3) is 5.91 Å². The molecule has 6 heteroatoms. The van der Waals surface area contributed by atoms with E-state index in [1.165, 1.54) is 6.07 Å². The lowest BCUT2D eigenvalue weighted by Gasteiger charge is -2.09. The highest BCUT2D eigenvalue weighted by atomic mass is 79.9. The maximum atomic E-state index is 13.4. The lowest BCUT2D eigenvalue weighted by atomic mass is 10.2. The van der Waals surface area contributed by atoms with E-state index in [2.05, 4.69) is 21.2 Å². The summed E-state index contributed by atoms with van der Waals surface area (Å²) in [5.74, 6) is -2.22. The van der Waals surface area contributed by atoms with Crippen molar-refractivity contribution in [3.8, 4) is 0 Å². The quantitative estimate of drug-likeness (QED) is 0.829. The molecule has 2 aromatic rings. The van der Waals surface area contributed by atoms with Gasteiger partial charge in [0.2, 0.25) is 0 Å². The van der Waals surface area contributed by atoms with Gasteiger partial charge in [0.05, 0.1) is 11.3 Å². The highest BCUT2D eigenvalue weighted by Crippen LogP contribution is 2.25. The predicted octanol–water partition coefficient (Wildman–Crippen LogP) is 3.56. The van der Waals surface area contributed by atoms with Gasteiger partial charge >= 0.3 is 0 Å². The molecule has 98 valence electrons. The van der Waals surface area contributed by atoms with Crippen LogP contribution in [0, 0.1) is 11.6 Å². The van der Waals surface area contributed by atoms with Crippen LogP contribution in [0.3, 0.4) is 0 Å². The highest BCUT2D eigenvalue weighted by Gasteiger charge is 2.14. The van der Waals surface area contributed by atoms with Crippen LogP contribution >= 0.6 is 15.9 Å². The minimum atomic E-state index is -0.793. The van der Waals surface area contributed by atoms with Crippen LogP contribution in [0.25, 0.3) is 0 Å². The average molecular weight is 327 g/mol. The molecule has 0 heterocycles. The molecule has 3 N–H and O–H groups in total. The molecule has 0 aliphatic rings. The molecular weight excluding hydrogens is 318 g/mol. The Balaban J connectivity index is 2.30. The summed E-state index contributed by atoms with van der Waals surface area (Å²) in [4.78, 5) is 11.9. The van der Waals surface area contributed by atoms with Gasteiger partial charge in [-0.05, 0) is 52.3 Å². The fraction of sp³-hybridized carbons (Fsp3) is 0. The van der Waals surface area contributed by atoms with Crippen molar-refractivity contribution in [1.29, 1.82) is 0 Å². The van der Waals surface area contributed by atoms with E-state index >= 15 is 0 Å². The zero-order valence-electron chi connectivity index (χ0n) is 9.58. The van der Waals surface area contributed by atoms with Crippen LogP contribution in [-0.4, -0.2) is 5.91 Å². The maximum Gasteiger partial charge on any atom is 0.258 e. The van der Waals surface area contributed by atoms with Gasteiger partial charge < -0.3 is 11.1 Å². The zero-order valence-corrected chi connectivity index (χ0v) is 11.2. The third-order valence-corrected chi connectivity index (χ3v) is 3.10. The molecule has 0 unspecified atom stereocenters. The number of rotatable bonds is 2. The molecule has 0 atom stereocenters. The third kappa shape index (κ3) is 3.08. The monoisotopic (exact) mass is 326 g/mol. The van der Waals surface area contributed by atoms with Gasteiger partial charge in [-0.3, -0.25) is 4.79 Å². The number of nitrogens with one attached hydrogen (secondary N) is 1. The van der Waals surface area contributed by atoms with Crippen LogP contribution < -0.4 is 11.1 Å². The number of hydrogen-bond donors (Lipinski definition) is 2. The van der Waals surface area contributed by atoms with Crippen molar-refractivity contribution in [3.63, 3.8) is 0 Å². The van der Waals surface area contributed by atoms with E-state index < -0.39 is 17.5 Å². The van der Waals surface area contributed by atoms with Crippen molar-refractivity contribution in [3.05, 3.63) is 58.1 Å². The average Bonchev–Trinajstić information content (AvgIpc) is 2.36. The van der Waals surface area contributed by atoms with Crippen molar-refractivity contribution in [2.45, 2.75) is 0 Å². The van der Waals surface area contributed by atoms with E-state index in [0.29, 0.717) is 15.8 Å². The summed E-state index contributed by atoms with van der Waals surface area (Å²) in [7, 11) is 0. The first-order chi connectivity index (χ1) is 8.97. The van der Waals surface area contributed by atoms with Gasteiger partial charge in [-0.25, -0.2) is 8.78 Å². The Morgan fingerprint density at radius 2 is 1.89 bits per heavy atom. The van der Waals surface area contributed by atoms with Gasteiger partial charge in [-0.1, -0.05) is 0 Å². The van der Waals surface area contributed by atoms with Crippen LogP contribution in [0.4, 0.5) is 20.2 Å². The third-order valence-electron chi connectivity index (χ3n) is 2.41. The molecule has 0 fully saturated rings. The van der Waals surface area contributed by atoms with Gasteiger partial charge in [-0.2, -0.15) is 0 Å². The molecule has 0 saturated heterocycles. The summed E-state index contributed by atoms with van der Waals surface area (Å²) in [6.45, 7) is 0. The van der Waals surface area contributed by atoms with Crippen LogP contribution in [0.5, 0.6) is 0 Å². The molecule has 0 aromatic heterocycles. The molecule has 0 saturated carbocycles. The summed E-state index contributed by atoms with van der Waals surface area (Å²) in [6, 6.07) is 7.49. The smallest absolute Gasteiger partial charge is 0.258 e. The Hall–Kier alpha value is -1.95. The van der Waals surface area contributed by atoms with Crippen LogP contribution in [0.1, 0.15) is 10.4 Å². The van der Waals surface area contributed by atoms with Crippen molar-refractivity contribution in [2.24, 2.45) is 0 Å². The summed E-state index contributed by atoms with van der Waals surface area (Å²) >= 11 is 3.23. The SMILES string of the molecule is Nc1ccc(Br)c(NC(=O)c2cc(F)ccc2F)c1. The lowest BCUT2D eigenvalue weighted by molar-refractivity contribution is 0.102. The first kappa shape index (κ1) is 13.5. The Labute approximate surface area is 116 Å². The number of anilines is 2. The fourth-order valence-electron chi connectivity index (χ4n) is 1.50. The van der Waals surface area contributed by atoms with E-state index in [-0.39, 0.29) is 5.56 Å². The first-order valence-corrected chi connectivity index (χ1v) is 6.08. The van der Waals surface area contributed by atoms with E-state index in [0.717, 1.165) is 18.2 Å². The standard InChI is InChI=1S/C13H9BrF2N2O/c14-10-3-2-8(17)6-12(10)18-13(19)9-5-7(15)1-4-11(9)16/h1-6H,17H2,(H,18,19). The van der Waals surface area contributed by atoms with E-state index in [4.69, 9.17) is 5.73 Å². The molecule has 0 bridgehead atoms. The number of halogens is 3. The van der Waals surface area contributed by atoms with E-state index in [9.17, 15) is 13.6 Å². The molecule has 2 rings (SSSR count). The number of amides is 1. The molecular formula is C13H9BrF2N2O. The Bertz CT molecular complexity index is 647. The Kier molecular flexibility index (Phi) is 3.80. The molecule has 0 radical (unpaired) electrons. The second-order valence-electron chi connectivity index (χ2n) is 3.82. The second kappa shape index (κ2) is 5.36. The maximum absolute atomic E-state index is 13.4. The topological polar surface area (TPSA) is 55.1 Å². The van der Waals surface area contributed by atoms with Gasteiger partial charge in [0, 0.05) is 10.2 Å². The normalized spacial score (nSPS) is 10.3. The van der Waals surface area contributed by atoms with Crippen molar-refractivity contribution in [1.82, 2.24) is 0 Å². The predicted molar refractivity (Wildman–Crippen MR) is 72.9 cm³/mol. The van der Waals surface area contributed by atoms with E-state index in [1.807, 2.05) is 0 Å². The number of carbonyl (C=O) groups excluding carboxylic acids is 1. The molecule has 1 amide bonds. The number of hydrogen-bond acceptors (Lipinski definition) is 2. The zero-order chi connectivity index (χ0) is 14.0. The summed E-state index contributed by atoms with van der Waals surface area (Å²) < 4.78 is 27.0. The number of nitrogen functional groups attached to an aromatic ring is 1. The second-order valence-corrected chi connectivity index (χ2v) is 4.67. The number of nitrogens with two attached hydrogens (primary N) is 1. The fourth-order valence-corrected chi connectivity index (χ4v) is 1.85. The molecule has 3 nitrogen and oxygen atoms in total. The molecule has 0 spiro atoms. The largest absolute Gasteiger partial charge is 0.399 e. The Morgan fingerprint density at radius 1 is 1.16 bits per heavy atom. The first-order valence-electron chi connectivity index (χ1n) is 5.29. The minimum absolute atomic E-state index is 0.366. The Morgan fingerprint density at radius 3 is 2.63 bits per heavy atom. The van der Waals surface area contributed by atoms with Crippen molar-refractivity contribution >= 4 is 33.2 Å². The van der Waals surface area contributed by atoms with Crippen molar-refractivity contribution in [2.75, 3.05) is 11.1 Å². The van der Waals surface area contributed by atoms with Gasteiger partial charge in [0.15, 0.2) is 0 Å². The number of carbonyl (C=O) groups is 1. The highest BCUT2D eigenvalue weighted by molar-refractivity contribution is 9.10. The summed E-state index contributed by atoms with van der Waals surface area (Å²) in [6.07, 6.45) is 0. The molecule has 2 aromatic carbocycles. The van der Waals surface area contributed by atoms with Gasteiger partial charge in [-0.15, -0.1) is 0 Å². The van der Waals surface area contributed by atoms with Gasteiger partial charge in [0.1, 0.15) is 11.6 Å². The molecule has 0 aliphatic heterocycles. The minimum Gasteiger partial charge on any atom is -0.399 e. The summed E-state index contributed by atoms with van der Waals surface area (Å²) in [5.41, 5.74) is 6.05. The van der Waals surface area contributed by atoms with Crippen LogP contribution in [-0.2, 0) is 0 Å². The van der Waals surface area contributed by atoms with Crippen LogP contribution in [0.15, 0.2) is 40.9 Å². The number of benzene rings is 2. The molecule has 0 aliphatic carbocycles. The van der Waals surface area contributed by atoms with Crippen LogP contribution in [0.2, 0.25) is 0 Å². The molecule has 19 heavy (non-hydrogen) atoms. The van der Waals surface area contributed by atoms with E-state index in [1.54, 1.807) is 12.1 Å². The van der Waals surface area contributed by atoms with Crippen molar-refractivity contribution < 1.29 is 13.6 Å². The summed E-state index contributed by atoms with van der Waals surface area (Å²) in [5, 5.41) is 2.46.